The maximum Gasteiger partial charge on any atom is 0.332 e. The molecule has 8 heteroatoms. The number of nitrogens with two attached hydrogens (primary N) is 1. The first-order valence-corrected chi connectivity index (χ1v) is 9.25. The summed E-state index contributed by atoms with van der Waals surface area (Å²) in [6.07, 6.45) is 0. The lowest BCUT2D eigenvalue weighted by Gasteiger charge is -2.25. The van der Waals surface area contributed by atoms with Crippen molar-refractivity contribution in [2.45, 2.75) is 32.7 Å². The molecule has 29 heavy (non-hydrogen) atoms. The molecular weight excluding hydrogens is 370 g/mol. The zero-order chi connectivity index (χ0) is 21.5. The molecule has 0 atom stereocenters. The molecule has 152 valence electrons. The van der Waals surface area contributed by atoms with Crippen molar-refractivity contribution in [3.05, 3.63) is 67.9 Å². The summed E-state index contributed by atoms with van der Waals surface area (Å²) in [7, 11) is 2.93. The Morgan fingerprint density at radius 1 is 1.10 bits per heavy atom. The van der Waals surface area contributed by atoms with Crippen LogP contribution in [-0.4, -0.2) is 20.0 Å². The second-order valence-corrected chi connectivity index (χ2v) is 8.07. The van der Waals surface area contributed by atoms with E-state index >= 15 is 0 Å². The summed E-state index contributed by atoms with van der Waals surface area (Å²) in [6.45, 7) is 5.98. The minimum Gasteiger partial charge on any atom is -0.383 e. The fourth-order valence-corrected chi connectivity index (χ4v) is 3.45. The van der Waals surface area contributed by atoms with E-state index in [1.807, 2.05) is 51.1 Å². The molecule has 0 fully saturated rings. The molecule has 0 saturated carbocycles. The lowest BCUT2D eigenvalue weighted by atomic mass is 9.82. The maximum atomic E-state index is 13.1. The summed E-state index contributed by atoms with van der Waals surface area (Å²) in [4.78, 5) is 42.6. The summed E-state index contributed by atoms with van der Waals surface area (Å²) in [5, 5.41) is 3.08. The molecule has 1 amide bonds. The molecule has 0 aliphatic rings. The molecule has 1 aromatic carbocycles. The Kier molecular flexibility index (Phi) is 5.04. The van der Waals surface area contributed by atoms with E-state index in [1.54, 1.807) is 0 Å². The summed E-state index contributed by atoms with van der Waals surface area (Å²) in [6, 6.07) is 9.47. The topological polar surface area (TPSA) is 112 Å². The van der Waals surface area contributed by atoms with Gasteiger partial charge in [0.2, 0.25) is 0 Å². The Morgan fingerprint density at radius 3 is 2.31 bits per heavy atom. The van der Waals surface area contributed by atoms with E-state index in [0.29, 0.717) is 12.1 Å². The number of carbonyl (C=O) groups is 1. The summed E-state index contributed by atoms with van der Waals surface area (Å²) in [5.74, 6) is -0.433. The van der Waals surface area contributed by atoms with Gasteiger partial charge in [0.25, 0.3) is 11.5 Å². The number of hydrogen-bond donors (Lipinski definition) is 2. The lowest BCUT2D eigenvalue weighted by Crippen LogP contribution is -2.39. The number of rotatable bonds is 3. The minimum absolute atomic E-state index is 0.0174. The van der Waals surface area contributed by atoms with Gasteiger partial charge in [-0.05, 0) is 16.5 Å². The molecule has 0 bridgehead atoms. The molecule has 3 rings (SSSR count). The zero-order valence-electron chi connectivity index (χ0n) is 17.2. The van der Waals surface area contributed by atoms with Crippen molar-refractivity contribution in [1.29, 1.82) is 0 Å². The van der Waals surface area contributed by atoms with E-state index in [9.17, 15) is 14.4 Å². The van der Waals surface area contributed by atoms with E-state index in [-0.39, 0.29) is 22.4 Å². The van der Waals surface area contributed by atoms with Crippen LogP contribution >= 0.6 is 0 Å². The second-order valence-electron chi connectivity index (χ2n) is 8.07. The summed E-state index contributed by atoms with van der Waals surface area (Å²) < 4.78 is 2.29. The molecule has 0 saturated heterocycles. The van der Waals surface area contributed by atoms with Crippen LogP contribution in [0.25, 0.3) is 11.0 Å². The van der Waals surface area contributed by atoms with Gasteiger partial charge in [0.15, 0.2) is 5.65 Å². The Balaban J connectivity index is 2.27. The number of aryl methyl sites for hydroxylation is 1. The third-order valence-corrected chi connectivity index (χ3v) is 4.89. The number of nitrogens with zero attached hydrogens (tertiary/aromatic N) is 3. The minimum atomic E-state index is -0.599. The number of anilines is 1. The number of benzene rings is 1. The summed E-state index contributed by atoms with van der Waals surface area (Å²) >= 11 is 0. The third-order valence-electron chi connectivity index (χ3n) is 4.89. The number of pyridine rings is 1. The molecular formula is C21H25N5O3. The molecule has 2 heterocycles. The molecule has 0 unspecified atom stereocenters. The SMILES string of the molecule is Cn1c(=O)c2c(C(C)(C)C)c(C(=O)NCc3ccccc3)c(N)nc2n(C)c1=O. The molecule has 0 aliphatic carbocycles. The average molecular weight is 395 g/mol. The largest absolute Gasteiger partial charge is 0.383 e. The van der Waals surface area contributed by atoms with Crippen LogP contribution in [0.1, 0.15) is 42.3 Å². The molecule has 0 spiro atoms. The second kappa shape index (κ2) is 7.20. The van der Waals surface area contributed by atoms with Crippen LogP contribution in [0.4, 0.5) is 5.82 Å². The predicted octanol–water partition coefficient (Wildman–Crippen LogP) is 1.44. The van der Waals surface area contributed by atoms with Gasteiger partial charge in [0, 0.05) is 20.6 Å². The first-order chi connectivity index (χ1) is 13.5. The van der Waals surface area contributed by atoms with Gasteiger partial charge >= 0.3 is 5.69 Å². The molecule has 3 N–H and O–H groups in total. The average Bonchev–Trinajstić information content (AvgIpc) is 2.68. The van der Waals surface area contributed by atoms with Crippen molar-refractivity contribution in [2.75, 3.05) is 5.73 Å². The molecule has 8 nitrogen and oxygen atoms in total. The van der Waals surface area contributed by atoms with Gasteiger partial charge in [0.05, 0.1) is 10.9 Å². The van der Waals surface area contributed by atoms with E-state index in [4.69, 9.17) is 5.73 Å². The monoisotopic (exact) mass is 395 g/mol. The van der Waals surface area contributed by atoms with Crippen molar-refractivity contribution in [1.82, 2.24) is 19.4 Å². The molecule has 2 aromatic heterocycles. The number of amides is 1. The fourth-order valence-electron chi connectivity index (χ4n) is 3.45. The third kappa shape index (κ3) is 3.53. The Hall–Kier alpha value is -3.42. The Labute approximate surface area is 168 Å². The van der Waals surface area contributed by atoms with Crippen LogP contribution in [-0.2, 0) is 26.1 Å². The zero-order valence-corrected chi connectivity index (χ0v) is 17.2. The molecule has 3 aromatic rings. The van der Waals surface area contributed by atoms with Crippen molar-refractivity contribution >= 4 is 22.8 Å². The van der Waals surface area contributed by atoms with Crippen molar-refractivity contribution in [3.8, 4) is 0 Å². The first-order valence-electron chi connectivity index (χ1n) is 9.25. The Bertz CT molecular complexity index is 1220. The standard InChI is InChI=1S/C21H25N5O3/c1-21(2,3)15-13(18(27)23-11-12-9-7-6-8-10-12)16(22)24-17-14(15)19(28)26(5)20(29)25(17)4/h6-10H,11H2,1-5H3,(H2,22,24)(H,23,27). The number of hydrogen-bond acceptors (Lipinski definition) is 5. The highest BCUT2D eigenvalue weighted by atomic mass is 16.2. The Morgan fingerprint density at radius 2 is 1.72 bits per heavy atom. The van der Waals surface area contributed by atoms with Crippen LogP contribution in [0.15, 0.2) is 39.9 Å². The predicted molar refractivity (Wildman–Crippen MR) is 113 cm³/mol. The highest BCUT2D eigenvalue weighted by Gasteiger charge is 2.30. The van der Waals surface area contributed by atoms with Gasteiger partial charge in [-0.3, -0.25) is 18.7 Å². The van der Waals surface area contributed by atoms with Gasteiger partial charge < -0.3 is 11.1 Å². The van der Waals surface area contributed by atoms with E-state index in [0.717, 1.165) is 10.1 Å². The highest BCUT2D eigenvalue weighted by Crippen LogP contribution is 2.33. The van der Waals surface area contributed by atoms with Crippen molar-refractivity contribution < 1.29 is 4.79 Å². The fraction of sp³-hybridized carbons (Fsp3) is 0.333. The number of nitrogen functional groups attached to an aromatic ring is 1. The molecule has 0 aliphatic heterocycles. The van der Waals surface area contributed by atoms with Gasteiger partial charge in [-0.15, -0.1) is 0 Å². The number of fused-ring (bicyclic) bond motifs is 1. The first kappa shape index (κ1) is 20.3. The van der Waals surface area contributed by atoms with Crippen LogP contribution in [0.2, 0.25) is 0 Å². The van der Waals surface area contributed by atoms with Crippen molar-refractivity contribution in [2.24, 2.45) is 14.1 Å². The quantitative estimate of drug-likeness (QED) is 0.697. The van der Waals surface area contributed by atoms with Gasteiger partial charge in [-0.2, -0.15) is 0 Å². The maximum absolute atomic E-state index is 13.1. The van der Waals surface area contributed by atoms with Gasteiger partial charge in [-0.1, -0.05) is 51.1 Å². The van der Waals surface area contributed by atoms with Gasteiger partial charge in [-0.25, -0.2) is 9.78 Å². The smallest absolute Gasteiger partial charge is 0.332 e. The van der Waals surface area contributed by atoms with Crippen molar-refractivity contribution in [3.63, 3.8) is 0 Å². The number of nitrogens with one attached hydrogen (secondary N) is 1. The van der Waals surface area contributed by atoms with Crippen LogP contribution < -0.4 is 22.3 Å². The van der Waals surface area contributed by atoms with E-state index < -0.39 is 22.6 Å². The molecule has 0 radical (unpaired) electrons. The lowest BCUT2D eigenvalue weighted by molar-refractivity contribution is 0.0949. The van der Waals surface area contributed by atoms with Crippen LogP contribution in [0, 0.1) is 0 Å². The summed E-state index contributed by atoms with van der Waals surface area (Å²) in [5.41, 5.74) is 6.30. The van der Waals surface area contributed by atoms with Crippen LogP contribution in [0.3, 0.4) is 0 Å². The normalized spacial score (nSPS) is 11.6. The number of aromatic nitrogens is 3. The van der Waals surface area contributed by atoms with Gasteiger partial charge in [0.1, 0.15) is 5.82 Å². The number of carbonyl (C=O) groups excluding carboxylic acids is 1. The highest BCUT2D eigenvalue weighted by molar-refractivity contribution is 6.04. The van der Waals surface area contributed by atoms with E-state index in [1.165, 1.54) is 18.7 Å². The van der Waals surface area contributed by atoms with E-state index in [2.05, 4.69) is 10.3 Å². The van der Waals surface area contributed by atoms with Crippen LogP contribution in [0.5, 0.6) is 0 Å².